The summed E-state index contributed by atoms with van der Waals surface area (Å²) < 4.78 is 5.46. The zero-order chi connectivity index (χ0) is 41.5. The summed E-state index contributed by atoms with van der Waals surface area (Å²) in [5, 5.41) is 22.9. The largest absolute Gasteiger partial charge is 0.466 e. The van der Waals surface area contributed by atoms with Gasteiger partial charge in [0.25, 0.3) is 0 Å². The summed E-state index contributed by atoms with van der Waals surface area (Å²) in [4.78, 5) is 24.3. The maximum absolute atomic E-state index is 12.3. The van der Waals surface area contributed by atoms with E-state index < -0.39 is 12.1 Å². The molecule has 0 radical (unpaired) electrons. The highest BCUT2D eigenvalue weighted by Crippen LogP contribution is 2.15. The first kappa shape index (κ1) is 55.3. The first-order valence-electron chi connectivity index (χ1n) is 25.1. The Hall–Kier alpha value is -1.66. The lowest BCUT2D eigenvalue weighted by Gasteiger charge is -2.20. The lowest BCUT2D eigenvalue weighted by molar-refractivity contribution is -0.143. The molecule has 6 heteroatoms. The second-order valence-corrected chi connectivity index (χ2v) is 17.1. The molecule has 0 aromatic carbocycles. The second-order valence-electron chi connectivity index (χ2n) is 17.1. The zero-order valence-electron chi connectivity index (χ0n) is 38.1. The number of allylic oxidation sites excluding steroid dienone is 3. The average Bonchev–Trinajstić information content (AvgIpc) is 3.21. The first-order valence-corrected chi connectivity index (χ1v) is 25.1. The van der Waals surface area contributed by atoms with Crippen LogP contribution in [0.5, 0.6) is 0 Å². The molecule has 6 nitrogen and oxygen atoms in total. The molecular weight excluding hydrogens is 707 g/mol. The lowest BCUT2D eigenvalue weighted by atomic mass is 10.0. The number of amides is 1. The van der Waals surface area contributed by atoms with Gasteiger partial charge in [-0.25, -0.2) is 0 Å². The molecule has 2 atom stereocenters. The van der Waals surface area contributed by atoms with Crippen LogP contribution in [0.1, 0.15) is 264 Å². The van der Waals surface area contributed by atoms with Crippen LogP contribution < -0.4 is 5.32 Å². The number of hydrogen-bond acceptors (Lipinski definition) is 5. The summed E-state index contributed by atoms with van der Waals surface area (Å²) in [7, 11) is 0. The van der Waals surface area contributed by atoms with Crippen molar-refractivity contribution in [3.8, 4) is 0 Å². The first-order chi connectivity index (χ1) is 28.0. The molecule has 0 bridgehead atoms. The molecule has 2 unspecified atom stereocenters. The van der Waals surface area contributed by atoms with E-state index in [0.29, 0.717) is 19.4 Å². The number of ether oxygens (including phenoxy) is 1. The maximum Gasteiger partial charge on any atom is 0.305 e. The fourth-order valence-corrected chi connectivity index (χ4v) is 7.57. The summed E-state index contributed by atoms with van der Waals surface area (Å²) in [6.07, 6.45) is 54.7. The van der Waals surface area contributed by atoms with Crippen molar-refractivity contribution in [2.75, 3.05) is 13.2 Å². The smallest absolute Gasteiger partial charge is 0.305 e. The van der Waals surface area contributed by atoms with E-state index in [1.807, 2.05) is 6.08 Å². The van der Waals surface area contributed by atoms with E-state index in [9.17, 15) is 19.8 Å². The van der Waals surface area contributed by atoms with E-state index >= 15 is 0 Å². The van der Waals surface area contributed by atoms with Crippen LogP contribution in [0.2, 0.25) is 0 Å². The van der Waals surface area contributed by atoms with Crippen LogP contribution >= 0.6 is 0 Å². The van der Waals surface area contributed by atoms with Gasteiger partial charge in [0.05, 0.1) is 25.4 Å². The second kappa shape index (κ2) is 47.0. The maximum atomic E-state index is 12.3. The number of rotatable bonds is 46. The molecule has 0 saturated carbocycles. The van der Waals surface area contributed by atoms with Gasteiger partial charge in [0.1, 0.15) is 0 Å². The van der Waals surface area contributed by atoms with Gasteiger partial charge in [-0.1, -0.05) is 218 Å². The number of carbonyl (C=O) groups is 2. The molecule has 3 N–H and O–H groups in total. The van der Waals surface area contributed by atoms with Crippen LogP contribution in [0.15, 0.2) is 24.3 Å². The van der Waals surface area contributed by atoms with Crippen molar-refractivity contribution in [3.63, 3.8) is 0 Å². The predicted octanol–water partition coefficient (Wildman–Crippen LogP) is 14.7. The van der Waals surface area contributed by atoms with Crippen molar-refractivity contribution in [2.24, 2.45) is 0 Å². The van der Waals surface area contributed by atoms with Crippen molar-refractivity contribution < 1.29 is 24.5 Å². The molecular formula is C51H97NO5. The van der Waals surface area contributed by atoms with Crippen LogP contribution in [-0.4, -0.2) is 47.4 Å². The van der Waals surface area contributed by atoms with Gasteiger partial charge in [0, 0.05) is 12.8 Å². The van der Waals surface area contributed by atoms with Crippen molar-refractivity contribution in [2.45, 2.75) is 276 Å². The van der Waals surface area contributed by atoms with E-state index in [-0.39, 0.29) is 18.5 Å². The van der Waals surface area contributed by atoms with Gasteiger partial charge < -0.3 is 20.3 Å². The highest BCUT2D eigenvalue weighted by atomic mass is 16.5. The predicted molar refractivity (Wildman–Crippen MR) is 246 cm³/mol. The van der Waals surface area contributed by atoms with Gasteiger partial charge in [-0.3, -0.25) is 9.59 Å². The number of hydrogen-bond donors (Lipinski definition) is 3. The fourth-order valence-electron chi connectivity index (χ4n) is 7.57. The number of aliphatic hydroxyl groups excluding tert-OH is 2. The molecule has 1 amide bonds. The molecule has 0 aromatic heterocycles. The van der Waals surface area contributed by atoms with Crippen molar-refractivity contribution in [3.05, 3.63) is 24.3 Å². The number of aliphatic hydroxyl groups is 2. The Kier molecular flexibility index (Phi) is 45.7. The molecule has 0 saturated heterocycles. The van der Waals surface area contributed by atoms with Gasteiger partial charge >= 0.3 is 5.97 Å². The topological polar surface area (TPSA) is 95.9 Å². The molecule has 0 heterocycles. The van der Waals surface area contributed by atoms with Gasteiger partial charge in [0.15, 0.2) is 0 Å². The number of nitrogens with one attached hydrogen (secondary N) is 1. The summed E-state index contributed by atoms with van der Waals surface area (Å²) in [5.74, 6) is -0.0825. The Balaban J connectivity index is 3.44. The Morgan fingerprint density at radius 3 is 1.25 bits per heavy atom. The zero-order valence-corrected chi connectivity index (χ0v) is 38.1. The molecule has 0 fully saturated rings. The van der Waals surface area contributed by atoms with Crippen LogP contribution in [0.4, 0.5) is 0 Å². The highest BCUT2D eigenvalue weighted by molar-refractivity contribution is 5.76. The standard InChI is InChI=1S/C51H97NO5/c1-3-5-7-9-11-13-14-21-25-29-33-37-41-45-51(56)57-46-42-38-34-30-26-23-20-18-16-15-17-19-22-24-28-32-36-40-44-50(55)52-48(47-53)49(54)43-39-35-31-27-12-10-8-6-4-2/h17,19,39,43,48-49,53-54H,3-16,18,20-38,40-42,44-47H2,1-2H3,(H,52,55)/b19-17-,43-39+. The van der Waals surface area contributed by atoms with E-state index in [4.69, 9.17) is 4.74 Å². The molecule has 0 aliphatic heterocycles. The van der Waals surface area contributed by atoms with Crippen LogP contribution in [0.25, 0.3) is 0 Å². The Bertz CT molecular complexity index is 889. The van der Waals surface area contributed by atoms with Gasteiger partial charge in [-0.05, 0) is 57.8 Å². The van der Waals surface area contributed by atoms with Crippen molar-refractivity contribution >= 4 is 11.9 Å². The SMILES string of the molecule is CCCCCCCCC/C=C/C(O)C(CO)NC(=O)CCCCCCC/C=C\CCCCCCCCCCCOC(=O)CCCCCCCCCCCCCCC. The van der Waals surface area contributed by atoms with Crippen molar-refractivity contribution in [1.29, 1.82) is 0 Å². The van der Waals surface area contributed by atoms with Crippen LogP contribution in [0.3, 0.4) is 0 Å². The summed E-state index contributed by atoms with van der Waals surface area (Å²) in [6, 6.07) is -0.635. The monoisotopic (exact) mass is 804 g/mol. The highest BCUT2D eigenvalue weighted by Gasteiger charge is 2.18. The molecule has 57 heavy (non-hydrogen) atoms. The minimum absolute atomic E-state index is 0.00291. The minimum Gasteiger partial charge on any atom is -0.466 e. The molecule has 0 aromatic rings. The van der Waals surface area contributed by atoms with Gasteiger partial charge in [-0.15, -0.1) is 0 Å². The van der Waals surface area contributed by atoms with E-state index in [1.54, 1.807) is 6.08 Å². The van der Waals surface area contributed by atoms with Gasteiger partial charge in [0.2, 0.25) is 5.91 Å². The van der Waals surface area contributed by atoms with E-state index in [2.05, 4.69) is 31.3 Å². The average molecular weight is 804 g/mol. The third-order valence-electron chi connectivity index (χ3n) is 11.5. The Morgan fingerprint density at radius 1 is 0.474 bits per heavy atom. The van der Waals surface area contributed by atoms with Crippen LogP contribution in [0, 0.1) is 0 Å². The third-order valence-corrected chi connectivity index (χ3v) is 11.5. The Labute approximate surface area is 354 Å². The van der Waals surface area contributed by atoms with Gasteiger partial charge in [-0.2, -0.15) is 0 Å². The van der Waals surface area contributed by atoms with E-state index in [0.717, 1.165) is 57.8 Å². The minimum atomic E-state index is -0.850. The third kappa shape index (κ3) is 43.7. The summed E-state index contributed by atoms with van der Waals surface area (Å²) >= 11 is 0. The normalized spacial score (nSPS) is 12.8. The van der Waals surface area contributed by atoms with Crippen LogP contribution in [-0.2, 0) is 14.3 Å². The summed E-state index contributed by atoms with van der Waals surface area (Å²) in [6.45, 7) is 4.85. The lowest BCUT2D eigenvalue weighted by Crippen LogP contribution is -2.45. The van der Waals surface area contributed by atoms with E-state index in [1.165, 1.54) is 180 Å². The fraction of sp³-hybridized carbons (Fsp3) is 0.882. The summed E-state index contributed by atoms with van der Waals surface area (Å²) in [5.41, 5.74) is 0. The number of unbranched alkanes of at least 4 members (excludes halogenated alkanes) is 33. The number of esters is 1. The molecule has 0 spiro atoms. The Morgan fingerprint density at radius 2 is 0.825 bits per heavy atom. The molecule has 0 aliphatic carbocycles. The van der Waals surface area contributed by atoms with Crippen molar-refractivity contribution in [1.82, 2.24) is 5.32 Å². The molecule has 0 aliphatic rings. The molecule has 0 rings (SSSR count). The number of carbonyl (C=O) groups excluding carboxylic acids is 2. The quantitative estimate of drug-likeness (QED) is 0.0324. The molecule has 336 valence electrons.